The van der Waals surface area contributed by atoms with Crippen LogP contribution in [0.3, 0.4) is 0 Å². The highest BCUT2D eigenvalue weighted by Crippen LogP contribution is 2.41. The molecule has 6 N–H and O–H groups in total. The Morgan fingerprint density at radius 3 is 1.00 bits per heavy atom. The zero-order chi connectivity index (χ0) is 18.8. The average molecular weight is 366 g/mol. The molecule has 0 aromatic carbocycles. The van der Waals surface area contributed by atoms with Crippen LogP contribution in [0.25, 0.3) is 0 Å². The van der Waals surface area contributed by atoms with Gasteiger partial charge in [0.05, 0.1) is 0 Å². The topological polar surface area (TPSA) is 92.5 Å². The van der Waals surface area contributed by atoms with Crippen LogP contribution in [0.4, 0.5) is 26.3 Å². The van der Waals surface area contributed by atoms with E-state index in [1.807, 2.05) is 0 Å². The third-order valence-electron chi connectivity index (χ3n) is 4.77. The van der Waals surface area contributed by atoms with Crippen molar-refractivity contribution in [3.63, 3.8) is 0 Å². The monoisotopic (exact) mass is 366 g/mol. The van der Waals surface area contributed by atoms with E-state index in [0.717, 1.165) is 0 Å². The molecule has 2 saturated carbocycles. The number of nitrogens with two attached hydrogens (primary N) is 2. The summed E-state index contributed by atoms with van der Waals surface area (Å²) >= 11 is 0. The predicted octanol–water partition coefficient (Wildman–Crippen LogP) is 2.36. The van der Waals surface area contributed by atoms with Crippen LogP contribution in [0.5, 0.6) is 0 Å². The van der Waals surface area contributed by atoms with E-state index in [1.165, 1.54) is 0 Å². The lowest BCUT2D eigenvalue weighted by atomic mass is 9.82. The quantitative estimate of drug-likeness (QED) is 0.495. The van der Waals surface area contributed by atoms with Gasteiger partial charge in [0.2, 0.25) is 0 Å². The van der Waals surface area contributed by atoms with E-state index in [9.17, 15) is 26.3 Å². The van der Waals surface area contributed by atoms with E-state index in [4.69, 9.17) is 21.7 Å². The van der Waals surface area contributed by atoms with E-state index in [2.05, 4.69) is 0 Å². The van der Waals surface area contributed by atoms with Crippen molar-refractivity contribution in [2.24, 2.45) is 11.5 Å². The van der Waals surface area contributed by atoms with Gasteiger partial charge in [-0.3, -0.25) is 0 Å². The minimum atomic E-state index is -4.51. The summed E-state index contributed by atoms with van der Waals surface area (Å²) in [5.41, 5.74) is 5.87. The first-order valence-corrected chi connectivity index (χ1v) is 7.79. The number of hydrogen-bond acceptors (Lipinski definition) is 4. The average Bonchev–Trinajstić information content (AvgIpc) is 2.44. The van der Waals surface area contributed by atoms with Crippen LogP contribution in [0.15, 0.2) is 0 Å². The molecule has 2 aliphatic carbocycles. The van der Waals surface area contributed by atoms with Crippen LogP contribution in [0.2, 0.25) is 0 Å². The number of hydrogen-bond donors (Lipinski definition) is 4. The first-order valence-electron chi connectivity index (χ1n) is 7.79. The lowest BCUT2D eigenvalue weighted by Gasteiger charge is -2.35. The molecule has 0 amide bonds. The second-order valence-electron chi connectivity index (χ2n) is 6.73. The Kier molecular flexibility index (Phi) is 6.57. The molecule has 0 atom stereocenters. The maximum absolute atomic E-state index is 12.2. The molecule has 0 heterocycles. The highest BCUT2D eigenvalue weighted by atomic mass is 19.4. The first-order chi connectivity index (χ1) is 10.7. The van der Waals surface area contributed by atoms with E-state index in [-0.39, 0.29) is 63.5 Å². The van der Waals surface area contributed by atoms with Gasteiger partial charge in [-0.1, -0.05) is 0 Å². The molecular weight excluding hydrogens is 342 g/mol. The Balaban J connectivity index is 0.000000240. The van der Waals surface area contributed by atoms with Crippen molar-refractivity contribution in [3.05, 3.63) is 0 Å². The van der Waals surface area contributed by atoms with Gasteiger partial charge < -0.3 is 21.7 Å². The number of rotatable bonds is 0. The predicted molar refractivity (Wildman–Crippen MR) is 74.9 cm³/mol. The normalized spacial score (nSPS) is 38.2. The SMILES string of the molecule is NC1CCC(O)(C(F)(F)F)CC1.NC1CCC(O)(C(F)(F)F)CC1. The molecule has 10 heteroatoms. The summed E-state index contributed by atoms with van der Waals surface area (Å²) in [6.07, 6.45) is -9.09. The minimum Gasteiger partial charge on any atom is -0.380 e. The van der Waals surface area contributed by atoms with Gasteiger partial charge in [-0.15, -0.1) is 0 Å². The van der Waals surface area contributed by atoms with E-state index in [0.29, 0.717) is 0 Å². The maximum Gasteiger partial charge on any atom is 0.417 e. The van der Waals surface area contributed by atoms with Crippen LogP contribution in [-0.2, 0) is 0 Å². The van der Waals surface area contributed by atoms with Gasteiger partial charge in [-0.25, -0.2) is 0 Å². The third kappa shape index (κ3) is 5.21. The highest BCUT2D eigenvalue weighted by Gasteiger charge is 2.55. The summed E-state index contributed by atoms with van der Waals surface area (Å²) in [5.74, 6) is 0. The van der Waals surface area contributed by atoms with Crippen LogP contribution in [0, 0.1) is 0 Å². The highest BCUT2D eigenvalue weighted by molar-refractivity contribution is 4.93. The molecule has 144 valence electrons. The van der Waals surface area contributed by atoms with Gasteiger partial charge in [0.25, 0.3) is 0 Å². The van der Waals surface area contributed by atoms with E-state index < -0.39 is 23.6 Å². The van der Waals surface area contributed by atoms with Crippen molar-refractivity contribution in [2.75, 3.05) is 0 Å². The molecule has 0 aromatic rings. The van der Waals surface area contributed by atoms with Crippen molar-refractivity contribution < 1.29 is 36.6 Å². The number of halogens is 6. The molecular formula is C14H24F6N2O2. The van der Waals surface area contributed by atoms with Crippen LogP contribution >= 0.6 is 0 Å². The second-order valence-corrected chi connectivity index (χ2v) is 6.73. The van der Waals surface area contributed by atoms with Crippen molar-refractivity contribution in [2.45, 2.75) is 87.0 Å². The van der Waals surface area contributed by atoms with Crippen LogP contribution in [-0.4, -0.2) is 45.9 Å². The number of aliphatic hydroxyl groups is 2. The number of alkyl halides is 6. The van der Waals surface area contributed by atoms with Crippen molar-refractivity contribution in [1.82, 2.24) is 0 Å². The third-order valence-corrected chi connectivity index (χ3v) is 4.77. The Morgan fingerprint density at radius 1 is 0.625 bits per heavy atom. The van der Waals surface area contributed by atoms with Gasteiger partial charge in [0, 0.05) is 12.1 Å². The Morgan fingerprint density at radius 2 is 0.833 bits per heavy atom. The van der Waals surface area contributed by atoms with Gasteiger partial charge in [-0.05, 0) is 51.4 Å². The molecule has 2 fully saturated rings. The fraction of sp³-hybridized carbons (Fsp3) is 1.00. The molecule has 0 unspecified atom stereocenters. The van der Waals surface area contributed by atoms with Gasteiger partial charge >= 0.3 is 12.4 Å². The summed E-state index contributed by atoms with van der Waals surface area (Å²) in [6.45, 7) is 0. The molecule has 2 aliphatic rings. The molecule has 4 nitrogen and oxygen atoms in total. The molecule has 0 bridgehead atoms. The van der Waals surface area contributed by atoms with Gasteiger partial charge in [0.1, 0.15) is 0 Å². The molecule has 2 rings (SSSR count). The molecule has 0 spiro atoms. The molecule has 24 heavy (non-hydrogen) atoms. The lowest BCUT2D eigenvalue weighted by molar-refractivity contribution is -0.270. The van der Waals surface area contributed by atoms with Crippen molar-refractivity contribution in [3.8, 4) is 0 Å². The summed E-state index contributed by atoms with van der Waals surface area (Å²) in [5, 5.41) is 18.3. The second kappa shape index (κ2) is 7.35. The summed E-state index contributed by atoms with van der Waals surface area (Å²) < 4.78 is 73.0. The smallest absolute Gasteiger partial charge is 0.380 e. The van der Waals surface area contributed by atoms with E-state index in [1.54, 1.807) is 0 Å². The Hall–Kier alpha value is -0.580. The van der Waals surface area contributed by atoms with Crippen LogP contribution < -0.4 is 11.5 Å². The van der Waals surface area contributed by atoms with Crippen molar-refractivity contribution in [1.29, 1.82) is 0 Å². The standard InChI is InChI=1S/2C7H12F3NO/c2*8-7(9,10)6(12)3-1-5(11)2-4-6/h2*5,12H,1-4,11H2. The fourth-order valence-corrected chi connectivity index (χ4v) is 2.80. The van der Waals surface area contributed by atoms with Crippen molar-refractivity contribution >= 4 is 0 Å². The lowest BCUT2D eigenvalue weighted by Crippen LogP contribution is -2.49. The first kappa shape index (κ1) is 21.5. The van der Waals surface area contributed by atoms with Gasteiger partial charge in [0.15, 0.2) is 11.2 Å². The largest absolute Gasteiger partial charge is 0.417 e. The fourth-order valence-electron chi connectivity index (χ4n) is 2.80. The van der Waals surface area contributed by atoms with Gasteiger partial charge in [-0.2, -0.15) is 26.3 Å². The Labute approximate surface area is 136 Å². The minimum absolute atomic E-state index is 0.187. The summed E-state index contributed by atoms with van der Waals surface area (Å²) in [7, 11) is 0. The summed E-state index contributed by atoms with van der Waals surface area (Å²) in [6, 6.07) is -0.375. The van der Waals surface area contributed by atoms with E-state index >= 15 is 0 Å². The summed E-state index contributed by atoms with van der Waals surface area (Å²) in [4.78, 5) is 0. The molecule has 0 aromatic heterocycles. The molecule has 0 saturated heterocycles. The molecule has 0 aliphatic heterocycles. The zero-order valence-corrected chi connectivity index (χ0v) is 13.1. The maximum atomic E-state index is 12.2. The van der Waals surface area contributed by atoms with Crippen LogP contribution in [0.1, 0.15) is 51.4 Å². The molecule has 0 radical (unpaired) electrons. The Bertz CT molecular complexity index is 359. The zero-order valence-electron chi connectivity index (χ0n) is 13.1.